The summed E-state index contributed by atoms with van der Waals surface area (Å²) in [5, 5.41) is 6.54. The molecule has 0 saturated carbocycles. The monoisotopic (exact) mass is 251 g/mol. The van der Waals surface area contributed by atoms with Crippen LogP contribution in [0, 0.1) is 0 Å². The van der Waals surface area contributed by atoms with E-state index in [1.165, 1.54) is 12.3 Å². The smallest absolute Gasteiger partial charge is 0.253 e. The van der Waals surface area contributed by atoms with Gasteiger partial charge in [-0.2, -0.15) is 0 Å². The summed E-state index contributed by atoms with van der Waals surface area (Å²) in [5.41, 5.74) is 6.41. The molecule has 0 fully saturated rings. The molecule has 0 spiro atoms. The maximum Gasteiger partial charge on any atom is 0.253 e. The average Bonchev–Trinajstić information content (AvgIpc) is 2.82. The molecule has 0 bridgehead atoms. The van der Waals surface area contributed by atoms with Crippen LogP contribution in [-0.2, 0) is 6.54 Å². The van der Waals surface area contributed by atoms with E-state index in [1.54, 1.807) is 18.2 Å². The molecule has 1 aromatic carbocycles. The van der Waals surface area contributed by atoms with Crippen LogP contribution in [0.1, 0.15) is 16.1 Å². The molecule has 0 aliphatic heterocycles. The van der Waals surface area contributed by atoms with Gasteiger partial charge in [0.25, 0.3) is 5.91 Å². The molecule has 1 amide bonds. The quantitative estimate of drug-likeness (QED) is 0.816. The zero-order valence-electron chi connectivity index (χ0n) is 8.81. The number of benzene rings is 1. The number of hydrogen-bond acceptors (Lipinski definition) is 4. The summed E-state index contributed by atoms with van der Waals surface area (Å²) in [7, 11) is 0. The number of anilines is 1. The molecule has 17 heavy (non-hydrogen) atoms. The second-order valence-electron chi connectivity index (χ2n) is 3.40. The lowest BCUT2D eigenvalue weighted by atomic mass is 10.2. The maximum absolute atomic E-state index is 11.8. The van der Waals surface area contributed by atoms with Crippen molar-refractivity contribution in [3.63, 3.8) is 0 Å². The zero-order valence-corrected chi connectivity index (χ0v) is 9.57. The number of halogens is 1. The first-order valence-corrected chi connectivity index (χ1v) is 5.27. The number of nitrogens with one attached hydrogen (secondary N) is 1. The Labute approximate surface area is 103 Å². The van der Waals surface area contributed by atoms with Crippen LogP contribution in [0.2, 0.25) is 5.02 Å². The Bertz CT molecular complexity index is 526. The van der Waals surface area contributed by atoms with Gasteiger partial charge < -0.3 is 15.6 Å². The Hall–Kier alpha value is -2.01. The highest BCUT2D eigenvalue weighted by Gasteiger charge is 2.10. The van der Waals surface area contributed by atoms with Crippen molar-refractivity contribution in [1.29, 1.82) is 0 Å². The van der Waals surface area contributed by atoms with Crippen LogP contribution in [0.25, 0.3) is 0 Å². The van der Waals surface area contributed by atoms with Crippen molar-refractivity contribution < 1.29 is 9.32 Å². The molecule has 6 heteroatoms. The fourth-order valence-corrected chi connectivity index (χ4v) is 1.52. The van der Waals surface area contributed by atoms with Crippen LogP contribution in [0.4, 0.5) is 5.69 Å². The van der Waals surface area contributed by atoms with E-state index in [4.69, 9.17) is 21.9 Å². The van der Waals surface area contributed by atoms with Gasteiger partial charge in [-0.1, -0.05) is 16.8 Å². The number of nitrogens with two attached hydrogens (primary N) is 1. The van der Waals surface area contributed by atoms with E-state index < -0.39 is 0 Å². The average molecular weight is 252 g/mol. The minimum Gasteiger partial charge on any atom is -0.399 e. The highest BCUT2D eigenvalue weighted by molar-refractivity contribution is 6.34. The Kier molecular flexibility index (Phi) is 3.30. The third kappa shape index (κ3) is 2.76. The van der Waals surface area contributed by atoms with E-state index in [-0.39, 0.29) is 12.5 Å². The standard InChI is InChI=1S/C11H10ClN3O2/c12-10-2-1-7(13)5-9(10)11(16)14-6-8-3-4-15-17-8/h1-5H,6,13H2,(H,14,16). The summed E-state index contributed by atoms with van der Waals surface area (Å²) in [5.74, 6) is 0.261. The number of hydrogen-bond donors (Lipinski definition) is 2. The second kappa shape index (κ2) is 4.88. The predicted molar refractivity (Wildman–Crippen MR) is 63.5 cm³/mol. The summed E-state index contributed by atoms with van der Waals surface area (Å²) in [6.07, 6.45) is 1.51. The lowest BCUT2D eigenvalue weighted by Crippen LogP contribution is -2.23. The van der Waals surface area contributed by atoms with Crippen molar-refractivity contribution in [3.05, 3.63) is 46.8 Å². The lowest BCUT2D eigenvalue weighted by molar-refractivity contribution is 0.0947. The maximum atomic E-state index is 11.8. The van der Waals surface area contributed by atoms with Gasteiger partial charge in [0.05, 0.1) is 23.3 Å². The Morgan fingerprint density at radius 3 is 3.00 bits per heavy atom. The van der Waals surface area contributed by atoms with E-state index in [0.717, 1.165) is 0 Å². The summed E-state index contributed by atoms with van der Waals surface area (Å²) in [6, 6.07) is 6.41. The topological polar surface area (TPSA) is 81.2 Å². The van der Waals surface area contributed by atoms with Crippen LogP contribution in [-0.4, -0.2) is 11.1 Å². The molecule has 5 nitrogen and oxygen atoms in total. The molecule has 88 valence electrons. The van der Waals surface area contributed by atoms with Crippen molar-refractivity contribution >= 4 is 23.2 Å². The third-order valence-corrected chi connectivity index (χ3v) is 2.48. The molecule has 2 rings (SSSR count). The molecule has 0 unspecified atom stereocenters. The molecular weight excluding hydrogens is 242 g/mol. The highest BCUT2D eigenvalue weighted by atomic mass is 35.5. The van der Waals surface area contributed by atoms with Crippen LogP contribution in [0.5, 0.6) is 0 Å². The lowest BCUT2D eigenvalue weighted by Gasteiger charge is -2.05. The summed E-state index contributed by atoms with van der Waals surface area (Å²) >= 11 is 5.90. The molecule has 1 heterocycles. The third-order valence-electron chi connectivity index (χ3n) is 2.15. The van der Waals surface area contributed by atoms with Crippen LogP contribution >= 0.6 is 11.6 Å². The first kappa shape index (κ1) is 11.5. The number of nitrogens with zero attached hydrogens (tertiary/aromatic N) is 1. The zero-order chi connectivity index (χ0) is 12.3. The fraction of sp³-hybridized carbons (Fsp3) is 0.0909. The number of rotatable bonds is 3. The molecule has 3 N–H and O–H groups in total. The van der Waals surface area contributed by atoms with Crippen molar-refractivity contribution in [3.8, 4) is 0 Å². The molecule has 0 aliphatic carbocycles. The Balaban J connectivity index is 2.07. The van der Waals surface area contributed by atoms with Crippen LogP contribution in [0.15, 0.2) is 35.0 Å². The van der Waals surface area contributed by atoms with Gasteiger partial charge in [-0.05, 0) is 18.2 Å². The molecule has 1 aromatic heterocycles. The van der Waals surface area contributed by atoms with Gasteiger partial charge in [-0.3, -0.25) is 4.79 Å². The van der Waals surface area contributed by atoms with Crippen LogP contribution < -0.4 is 11.1 Å². The molecule has 0 saturated heterocycles. The second-order valence-corrected chi connectivity index (χ2v) is 3.81. The van der Waals surface area contributed by atoms with Crippen molar-refractivity contribution in [2.75, 3.05) is 5.73 Å². The molecule has 0 radical (unpaired) electrons. The van der Waals surface area contributed by atoms with Crippen molar-refractivity contribution in [2.45, 2.75) is 6.54 Å². The molecular formula is C11H10ClN3O2. The molecule has 2 aromatic rings. The van der Waals surface area contributed by atoms with Gasteiger partial charge in [-0.15, -0.1) is 0 Å². The molecule has 0 aliphatic rings. The predicted octanol–water partition coefficient (Wildman–Crippen LogP) is 1.84. The van der Waals surface area contributed by atoms with Gasteiger partial charge >= 0.3 is 0 Å². The van der Waals surface area contributed by atoms with E-state index >= 15 is 0 Å². The minimum absolute atomic E-state index is 0.254. The SMILES string of the molecule is Nc1ccc(Cl)c(C(=O)NCc2ccno2)c1. The summed E-state index contributed by atoms with van der Waals surface area (Å²) in [4.78, 5) is 11.8. The van der Waals surface area contributed by atoms with E-state index in [1.807, 2.05) is 0 Å². The van der Waals surface area contributed by atoms with Crippen molar-refractivity contribution in [1.82, 2.24) is 10.5 Å². The van der Waals surface area contributed by atoms with Gasteiger partial charge in [0.15, 0.2) is 5.76 Å². The number of aromatic nitrogens is 1. The fourth-order valence-electron chi connectivity index (χ4n) is 1.31. The first-order valence-electron chi connectivity index (χ1n) is 4.89. The van der Waals surface area contributed by atoms with Gasteiger partial charge in [0.1, 0.15) is 0 Å². The van der Waals surface area contributed by atoms with Crippen LogP contribution in [0.3, 0.4) is 0 Å². The minimum atomic E-state index is -0.307. The van der Waals surface area contributed by atoms with E-state index in [9.17, 15) is 4.79 Å². The Morgan fingerprint density at radius 1 is 1.47 bits per heavy atom. The normalized spacial score (nSPS) is 10.2. The van der Waals surface area contributed by atoms with E-state index in [2.05, 4.69) is 10.5 Å². The van der Waals surface area contributed by atoms with Gasteiger partial charge in [-0.25, -0.2) is 0 Å². The largest absolute Gasteiger partial charge is 0.399 e. The van der Waals surface area contributed by atoms with Gasteiger partial charge in [0.2, 0.25) is 0 Å². The number of amides is 1. The first-order chi connectivity index (χ1) is 8.16. The summed E-state index contributed by atoms with van der Waals surface area (Å²) < 4.78 is 4.85. The van der Waals surface area contributed by atoms with Gasteiger partial charge in [0, 0.05) is 11.8 Å². The van der Waals surface area contributed by atoms with E-state index in [0.29, 0.717) is 22.0 Å². The van der Waals surface area contributed by atoms with Crippen molar-refractivity contribution in [2.24, 2.45) is 0 Å². The number of carbonyl (C=O) groups excluding carboxylic acids is 1. The Morgan fingerprint density at radius 2 is 2.29 bits per heavy atom. The number of carbonyl (C=O) groups is 1. The number of nitrogen functional groups attached to an aromatic ring is 1. The molecule has 0 atom stereocenters. The highest BCUT2D eigenvalue weighted by Crippen LogP contribution is 2.18. The summed E-state index contributed by atoms with van der Waals surface area (Å²) in [6.45, 7) is 0.254.